The van der Waals surface area contributed by atoms with Gasteiger partial charge in [0.15, 0.2) is 0 Å². The van der Waals surface area contributed by atoms with Crippen LogP contribution in [0.15, 0.2) is 11.4 Å². The standard InChI is InChI=1S/C13H21N3O3S/c1-4-5-15(9-13(2,3)8-14)12(17)10-6-11(16(18)19)20-7-10/h6-7H,4-5,8-9,14H2,1-3H3. The zero-order valence-electron chi connectivity index (χ0n) is 12.1. The van der Waals surface area contributed by atoms with Gasteiger partial charge in [-0.1, -0.05) is 32.1 Å². The second-order valence-corrected chi connectivity index (χ2v) is 6.42. The second kappa shape index (κ2) is 6.81. The summed E-state index contributed by atoms with van der Waals surface area (Å²) in [6.45, 7) is 7.62. The molecular weight excluding hydrogens is 278 g/mol. The summed E-state index contributed by atoms with van der Waals surface area (Å²) in [4.78, 5) is 24.4. The van der Waals surface area contributed by atoms with Gasteiger partial charge in [-0.05, 0) is 18.4 Å². The van der Waals surface area contributed by atoms with Gasteiger partial charge in [0.2, 0.25) is 0 Å². The van der Waals surface area contributed by atoms with Gasteiger partial charge in [-0.3, -0.25) is 14.9 Å². The van der Waals surface area contributed by atoms with E-state index in [-0.39, 0.29) is 16.3 Å². The number of hydrogen-bond acceptors (Lipinski definition) is 5. The van der Waals surface area contributed by atoms with Crippen molar-refractivity contribution >= 4 is 22.2 Å². The van der Waals surface area contributed by atoms with E-state index in [2.05, 4.69) is 0 Å². The molecule has 0 saturated carbocycles. The van der Waals surface area contributed by atoms with Crippen LogP contribution in [0.4, 0.5) is 5.00 Å². The van der Waals surface area contributed by atoms with Crippen molar-refractivity contribution in [2.45, 2.75) is 27.2 Å². The van der Waals surface area contributed by atoms with Crippen LogP contribution in [0.25, 0.3) is 0 Å². The summed E-state index contributed by atoms with van der Waals surface area (Å²) >= 11 is 0.974. The Kier molecular flexibility index (Phi) is 5.64. The fourth-order valence-corrected chi connectivity index (χ4v) is 2.52. The van der Waals surface area contributed by atoms with Crippen molar-refractivity contribution in [3.8, 4) is 0 Å². The molecule has 7 heteroatoms. The summed E-state index contributed by atoms with van der Waals surface area (Å²) in [5.74, 6) is -0.169. The van der Waals surface area contributed by atoms with Gasteiger partial charge < -0.3 is 10.6 Å². The molecule has 20 heavy (non-hydrogen) atoms. The number of nitrogens with zero attached hydrogens (tertiary/aromatic N) is 2. The Hall–Kier alpha value is -1.47. The van der Waals surface area contributed by atoms with E-state index in [9.17, 15) is 14.9 Å². The van der Waals surface area contributed by atoms with E-state index >= 15 is 0 Å². The van der Waals surface area contributed by atoms with Crippen molar-refractivity contribution in [1.82, 2.24) is 4.90 Å². The van der Waals surface area contributed by atoms with Crippen LogP contribution in [0.2, 0.25) is 0 Å². The first kappa shape index (κ1) is 16.6. The summed E-state index contributed by atoms with van der Waals surface area (Å²) in [7, 11) is 0. The fraction of sp³-hybridized carbons (Fsp3) is 0.615. The Morgan fingerprint density at radius 2 is 2.20 bits per heavy atom. The van der Waals surface area contributed by atoms with Gasteiger partial charge in [0.1, 0.15) is 0 Å². The molecule has 1 rings (SSSR count). The highest BCUT2D eigenvalue weighted by molar-refractivity contribution is 7.13. The summed E-state index contributed by atoms with van der Waals surface area (Å²) in [5.41, 5.74) is 5.91. The van der Waals surface area contributed by atoms with Crippen molar-refractivity contribution in [2.75, 3.05) is 19.6 Å². The van der Waals surface area contributed by atoms with E-state index in [1.807, 2.05) is 20.8 Å². The third kappa shape index (κ3) is 4.28. The first-order valence-corrected chi connectivity index (χ1v) is 7.41. The Morgan fingerprint density at radius 3 is 2.65 bits per heavy atom. The van der Waals surface area contributed by atoms with E-state index in [4.69, 9.17) is 5.73 Å². The Labute approximate surface area is 122 Å². The highest BCUT2D eigenvalue weighted by atomic mass is 32.1. The normalized spacial score (nSPS) is 11.4. The zero-order valence-corrected chi connectivity index (χ0v) is 12.9. The fourth-order valence-electron chi connectivity index (χ4n) is 1.82. The van der Waals surface area contributed by atoms with Crippen molar-refractivity contribution in [1.29, 1.82) is 0 Å². The molecule has 0 aliphatic carbocycles. The van der Waals surface area contributed by atoms with Crippen molar-refractivity contribution in [3.05, 3.63) is 27.1 Å². The number of thiophene rings is 1. The van der Waals surface area contributed by atoms with Gasteiger partial charge in [0.05, 0.1) is 10.5 Å². The van der Waals surface area contributed by atoms with Crippen LogP contribution in [0.3, 0.4) is 0 Å². The molecule has 0 aromatic carbocycles. The Bertz CT molecular complexity index is 485. The summed E-state index contributed by atoms with van der Waals surface area (Å²) in [6.07, 6.45) is 0.832. The van der Waals surface area contributed by atoms with Crippen molar-refractivity contribution in [3.63, 3.8) is 0 Å². The number of amides is 1. The molecule has 1 aromatic rings. The minimum Gasteiger partial charge on any atom is -0.338 e. The smallest absolute Gasteiger partial charge is 0.324 e. The average Bonchev–Trinajstić information content (AvgIpc) is 2.87. The lowest BCUT2D eigenvalue weighted by Crippen LogP contribution is -2.42. The van der Waals surface area contributed by atoms with E-state index in [0.29, 0.717) is 25.2 Å². The maximum Gasteiger partial charge on any atom is 0.324 e. The first-order chi connectivity index (χ1) is 9.30. The Morgan fingerprint density at radius 1 is 1.55 bits per heavy atom. The van der Waals surface area contributed by atoms with Crippen LogP contribution in [-0.4, -0.2) is 35.4 Å². The van der Waals surface area contributed by atoms with E-state index in [1.165, 1.54) is 6.07 Å². The number of carbonyl (C=O) groups excluding carboxylic acids is 1. The van der Waals surface area contributed by atoms with Gasteiger partial charge in [-0.2, -0.15) is 0 Å². The van der Waals surface area contributed by atoms with Gasteiger partial charge in [-0.15, -0.1) is 0 Å². The quantitative estimate of drug-likeness (QED) is 0.618. The predicted molar refractivity (Wildman–Crippen MR) is 80.0 cm³/mol. The third-order valence-electron chi connectivity index (χ3n) is 2.96. The maximum absolute atomic E-state index is 12.4. The highest BCUT2D eigenvalue weighted by Gasteiger charge is 2.25. The van der Waals surface area contributed by atoms with E-state index < -0.39 is 4.92 Å². The molecule has 1 amide bonds. The molecule has 2 N–H and O–H groups in total. The molecule has 0 aliphatic heterocycles. The molecule has 0 spiro atoms. The largest absolute Gasteiger partial charge is 0.338 e. The number of nitrogens with two attached hydrogens (primary N) is 1. The van der Waals surface area contributed by atoms with Crippen LogP contribution in [-0.2, 0) is 0 Å². The third-order valence-corrected chi connectivity index (χ3v) is 3.84. The van der Waals surface area contributed by atoms with Crippen LogP contribution in [0, 0.1) is 15.5 Å². The molecule has 0 saturated heterocycles. The summed E-state index contributed by atoms with van der Waals surface area (Å²) in [6, 6.07) is 1.34. The molecule has 0 fully saturated rings. The molecule has 1 aromatic heterocycles. The maximum atomic E-state index is 12.4. The molecule has 112 valence electrons. The minimum absolute atomic E-state index is 0.0112. The molecule has 6 nitrogen and oxygen atoms in total. The minimum atomic E-state index is -0.477. The monoisotopic (exact) mass is 299 g/mol. The summed E-state index contributed by atoms with van der Waals surface area (Å²) in [5, 5.41) is 12.2. The first-order valence-electron chi connectivity index (χ1n) is 6.53. The van der Waals surface area contributed by atoms with Crippen LogP contribution >= 0.6 is 11.3 Å². The number of carbonyl (C=O) groups is 1. The molecule has 0 radical (unpaired) electrons. The van der Waals surface area contributed by atoms with Crippen LogP contribution < -0.4 is 5.73 Å². The highest BCUT2D eigenvalue weighted by Crippen LogP contribution is 2.25. The number of hydrogen-bond donors (Lipinski definition) is 1. The molecule has 0 aliphatic rings. The molecule has 0 unspecified atom stereocenters. The Balaban J connectivity index is 2.90. The molecular formula is C13H21N3O3S. The lowest BCUT2D eigenvalue weighted by Gasteiger charge is -2.31. The van der Waals surface area contributed by atoms with Gasteiger partial charge in [0, 0.05) is 24.5 Å². The van der Waals surface area contributed by atoms with Crippen molar-refractivity contribution < 1.29 is 9.72 Å². The molecule has 1 heterocycles. The predicted octanol–water partition coefficient (Wildman–Crippen LogP) is 2.49. The zero-order chi connectivity index (χ0) is 15.3. The lowest BCUT2D eigenvalue weighted by molar-refractivity contribution is -0.380. The van der Waals surface area contributed by atoms with Gasteiger partial charge in [0.25, 0.3) is 5.91 Å². The van der Waals surface area contributed by atoms with Crippen LogP contribution in [0.5, 0.6) is 0 Å². The number of rotatable bonds is 7. The van der Waals surface area contributed by atoms with Gasteiger partial charge >= 0.3 is 5.00 Å². The second-order valence-electron chi connectivity index (χ2n) is 5.53. The lowest BCUT2D eigenvalue weighted by atomic mass is 9.93. The average molecular weight is 299 g/mol. The molecule has 0 bridgehead atoms. The molecule has 0 atom stereocenters. The van der Waals surface area contributed by atoms with E-state index in [1.54, 1.807) is 10.3 Å². The summed E-state index contributed by atoms with van der Waals surface area (Å²) < 4.78 is 0. The SMILES string of the molecule is CCCN(CC(C)(C)CN)C(=O)c1csc([N+](=O)[O-])c1. The van der Waals surface area contributed by atoms with E-state index in [0.717, 1.165) is 17.8 Å². The van der Waals surface area contributed by atoms with Crippen LogP contribution in [0.1, 0.15) is 37.6 Å². The topological polar surface area (TPSA) is 89.5 Å². The number of nitro groups is 1. The van der Waals surface area contributed by atoms with Gasteiger partial charge in [-0.25, -0.2) is 0 Å². The van der Waals surface area contributed by atoms with Crippen molar-refractivity contribution in [2.24, 2.45) is 11.1 Å².